The number of nitrogens with one attached hydrogen (secondary N) is 1. The first-order chi connectivity index (χ1) is 11.9. The number of benzene rings is 1. The van der Waals surface area contributed by atoms with Crippen molar-refractivity contribution in [1.29, 1.82) is 0 Å². The number of hydrogen-bond acceptors (Lipinski definition) is 4. The van der Waals surface area contributed by atoms with Crippen molar-refractivity contribution < 1.29 is 19.1 Å². The van der Waals surface area contributed by atoms with E-state index in [9.17, 15) is 14.4 Å². The maximum absolute atomic E-state index is 12.9. The highest BCUT2D eigenvalue weighted by Crippen LogP contribution is 2.13. The second-order valence-electron chi connectivity index (χ2n) is 5.96. The molecular formula is C19H26N2O4. The maximum Gasteiger partial charge on any atom is 0.325 e. The third-order valence-corrected chi connectivity index (χ3v) is 3.38. The van der Waals surface area contributed by atoms with Crippen LogP contribution >= 0.6 is 0 Å². The fourth-order valence-corrected chi connectivity index (χ4v) is 2.33. The molecule has 0 aliphatic rings. The van der Waals surface area contributed by atoms with Crippen LogP contribution in [0.25, 0.3) is 0 Å². The SMILES string of the molecule is C=CC(=O)NCc1ccccc1C(=O)N(CC(=O)OCC)CC(C)C. The van der Waals surface area contributed by atoms with E-state index in [1.807, 2.05) is 13.8 Å². The average molecular weight is 346 g/mol. The van der Waals surface area contributed by atoms with Crippen LogP contribution in [0.4, 0.5) is 0 Å². The normalized spacial score (nSPS) is 10.2. The van der Waals surface area contributed by atoms with Gasteiger partial charge in [-0.2, -0.15) is 0 Å². The van der Waals surface area contributed by atoms with Crippen molar-refractivity contribution in [2.24, 2.45) is 5.92 Å². The first-order valence-electron chi connectivity index (χ1n) is 8.32. The summed E-state index contributed by atoms with van der Waals surface area (Å²) in [6, 6.07) is 7.01. The van der Waals surface area contributed by atoms with Gasteiger partial charge in [-0.1, -0.05) is 38.6 Å². The standard InChI is InChI=1S/C19H26N2O4/c1-5-17(22)20-11-15-9-7-8-10-16(15)19(24)21(12-14(3)4)13-18(23)25-6-2/h5,7-10,14H,1,6,11-13H2,2-4H3,(H,20,22). The van der Waals surface area contributed by atoms with Gasteiger partial charge in [0, 0.05) is 18.7 Å². The minimum absolute atomic E-state index is 0.0990. The van der Waals surface area contributed by atoms with Crippen LogP contribution in [0.2, 0.25) is 0 Å². The van der Waals surface area contributed by atoms with E-state index in [4.69, 9.17) is 4.74 Å². The van der Waals surface area contributed by atoms with Gasteiger partial charge in [-0.25, -0.2) is 0 Å². The van der Waals surface area contributed by atoms with Crippen LogP contribution in [0.5, 0.6) is 0 Å². The predicted octanol–water partition coefficient (Wildman–Crippen LogP) is 2.15. The Morgan fingerprint density at radius 1 is 1.28 bits per heavy atom. The summed E-state index contributed by atoms with van der Waals surface area (Å²) in [5.74, 6) is -0.807. The molecule has 6 nitrogen and oxygen atoms in total. The Labute approximate surface area is 148 Å². The summed E-state index contributed by atoms with van der Waals surface area (Å²) in [6.45, 7) is 9.89. The summed E-state index contributed by atoms with van der Waals surface area (Å²) < 4.78 is 4.96. The van der Waals surface area contributed by atoms with Crippen molar-refractivity contribution in [3.8, 4) is 0 Å². The van der Waals surface area contributed by atoms with Gasteiger partial charge in [0.1, 0.15) is 6.54 Å². The number of esters is 1. The molecule has 1 rings (SSSR count). The van der Waals surface area contributed by atoms with Crippen LogP contribution in [-0.4, -0.2) is 42.4 Å². The topological polar surface area (TPSA) is 75.7 Å². The zero-order valence-electron chi connectivity index (χ0n) is 15.1. The van der Waals surface area contributed by atoms with Gasteiger partial charge in [0.15, 0.2) is 0 Å². The molecule has 136 valence electrons. The summed E-state index contributed by atoms with van der Waals surface area (Å²) >= 11 is 0. The van der Waals surface area contributed by atoms with Gasteiger partial charge in [-0.15, -0.1) is 0 Å². The lowest BCUT2D eigenvalue weighted by atomic mass is 10.1. The van der Waals surface area contributed by atoms with Crippen LogP contribution < -0.4 is 5.32 Å². The van der Waals surface area contributed by atoms with Crippen molar-refractivity contribution in [2.75, 3.05) is 19.7 Å². The summed E-state index contributed by atoms with van der Waals surface area (Å²) in [7, 11) is 0. The lowest BCUT2D eigenvalue weighted by Crippen LogP contribution is -2.39. The Hall–Kier alpha value is -2.63. The number of hydrogen-bond donors (Lipinski definition) is 1. The zero-order chi connectivity index (χ0) is 18.8. The molecule has 0 saturated heterocycles. The van der Waals surface area contributed by atoms with Gasteiger partial charge in [0.05, 0.1) is 6.61 Å². The molecule has 0 bridgehead atoms. The maximum atomic E-state index is 12.9. The molecule has 25 heavy (non-hydrogen) atoms. The number of amides is 2. The summed E-state index contributed by atoms with van der Waals surface area (Å²) in [5.41, 5.74) is 1.14. The third kappa shape index (κ3) is 6.79. The van der Waals surface area contributed by atoms with E-state index in [0.717, 1.165) is 0 Å². The molecule has 0 fully saturated rings. The number of carbonyl (C=O) groups is 3. The Bertz CT molecular complexity index is 626. The second-order valence-corrected chi connectivity index (χ2v) is 5.96. The molecule has 0 heterocycles. The number of carbonyl (C=O) groups excluding carboxylic acids is 3. The van der Waals surface area contributed by atoms with Gasteiger partial charge in [-0.05, 0) is 30.5 Å². The molecule has 1 N–H and O–H groups in total. The molecule has 0 spiro atoms. The lowest BCUT2D eigenvalue weighted by molar-refractivity contribution is -0.143. The van der Waals surface area contributed by atoms with Crippen molar-refractivity contribution >= 4 is 17.8 Å². The molecule has 0 unspecified atom stereocenters. The number of ether oxygens (including phenoxy) is 1. The van der Waals surface area contributed by atoms with Crippen LogP contribution in [0.1, 0.15) is 36.7 Å². The first-order valence-corrected chi connectivity index (χ1v) is 8.32. The van der Waals surface area contributed by atoms with E-state index >= 15 is 0 Å². The Balaban J connectivity index is 3.00. The van der Waals surface area contributed by atoms with Crippen LogP contribution in [0.3, 0.4) is 0 Å². The van der Waals surface area contributed by atoms with E-state index < -0.39 is 5.97 Å². The van der Waals surface area contributed by atoms with Gasteiger partial charge >= 0.3 is 5.97 Å². The second kappa shape index (κ2) is 10.3. The van der Waals surface area contributed by atoms with Crippen molar-refractivity contribution in [3.63, 3.8) is 0 Å². The van der Waals surface area contributed by atoms with Crippen LogP contribution in [0, 0.1) is 5.92 Å². The van der Waals surface area contributed by atoms with Gasteiger partial charge < -0.3 is 15.0 Å². The van der Waals surface area contributed by atoms with Crippen molar-refractivity contribution in [3.05, 3.63) is 48.0 Å². The highest BCUT2D eigenvalue weighted by atomic mass is 16.5. The van der Waals surface area contributed by atoms with Crippen LogP contribution in [-0.2, 0) is 20.9 Å². The minimum atomic E-state index is -0.436. The average Bonchev–Trinajstić information content (AvgIpc) is 2.58. The molecule has 0 aliphatic carbocycles. The summed E-state index contributed by atoms with van der Waals surface area (Å²) in [6.07, 6.45) is 1.18. The molecule has 0 radical (unpaired) electrons. The summed E-state index contributed by atoms with van der Waals surface area (Å²) in [4.78, 5) is 37.6. The molecule has 0 aromatic heterocycles. The quantitative estimate of drug-likeness (QED) is 0.549. The van der Waals surface area contributed by atoms with E-state index in [1.54, 1.807) is 31.2 Å². The van der Waals surface area contributed by atoms with E-state index in [1.165, 1.54) is 11.0 Å². The fourth-order valence-electron chi connectivity index (χ4n) is 2.33. The molecule has 1 aromatic rings. The zero-order valence-corrected chi connectivity index (χ0v) is 15.1. The number of rotatable bonds is 9. The van der Waals surface area contributed by atoms with Crippen molar-refractivity contribution in [1.82, 2.24) is 10.2 Å². The Morgan fingerprint density at radius 3 is 2.56 bits per heavy atom. The van der Waals surface area contributed by atoms with Gasteiger partial charge in [0.2, 0.25) is 5.91 Å². The Morgan fingerprint density at radius 2 is 1.96 bits per heavy atom. The summed E-state index contributed by atoms with van der Waals surface area (Å²) in [5, 5.41) is 2.67. The fraction of sp³-hybridized carbons (Fsp3) is 0.421. The first kappa shape index (κ1) is 20.4. The highest BCUT2D eigenvalue weighted by Gasteiger charge is 2.22. The van der Waals surface area contributed by atoms with E-state index in [-0.39, 0.29) is 37.4 Å². The third-order valence-electron chi connectivity index (χ3n) is 3.38. The predicted molar refractivity (Wildman–Crippen MR) is 95.9 cm³/mol. The van der Waals surface area contributed by atoms with E-state index in [0.29, 0.717) is 17.7 Å². The molecule has 1 aromatic carbocycles. The Kier molecular flexibility index (Phi) is 8.39. The lowest BCUT2D eigenvalue weighted by Gasteiger charge is -2.24. The minimum Gasteiger partial charge on any atom is -0.465 e. The largest absolute Gasteiger partial charge is 0.465 e. The van der Waals surface area contributed by atoms with Gasteiger partial charge in [-0.3, -0.25) is 14.4 Å². The van der Waals surface area contributed by atoms with Crippen molar-refractivity contribution in [2.45, 2.75) is 27.3 Å². The molecule has 6 heteroatoms. The van der Waals surface area contributed by atoms with Crippen LogP contribution in [0.15, 0.2) is 36.9 Å². The molecule has 0 saturated carbocycles. The van der Waals surface area contributed by atoms with Gasteiger partial charge in [0.25, 0.3) is 5.91 Å². The number of nitrogens with zero attached hydrogens (tertiary/aromatic N) is 1. The van der Waals surface area contributed by atoms with E-state index in [2.05, 4.69) is 11.9 Å². The molecule has 2 amide bonds. The monoisotopic (exact) mass is 346 g/mol. The molecular weight excluding hydrogens is 320 g/mol. The smallest absolute Gasteiger partial charge is 0.325 e. The molecule has 0 atom stereocenters. The molecule has 0 aliphatic heterocycles. The highest BCUT2D eigenvalue weighted by molar-refractivity contribution is 5.97.